The minimum absolute atomic E-state index is 0.402. The number of hydrogen-bond donors (Lipinski definition) is 0. The first kappa shape index (κ1) is 21.2. The number of carbonyl (C=O) groups is 1. The van der Waals surface area contributed by atoms with Crippen LogP contribution in [0.4, 0.5) is 4.79 Å². The standard InChI is InChI=1S/C17H34O5/c1-5-9-11-15(7-3)13-19-21-17(18)22-20-14-16(8-4)12-10-6-2/h15-16H,5-14H2,1-4H3. The first-order valence-electron chi connectivity index (χ1n) is 8.80. The Hall–Kier alpha value is -0.810. The third kappa shape index (κ3) is 11.8. The van der Waals surface area contributed by atoms with Gasteiger partial charge in [0.15, 0.2) is 0 Å². The lowest BCUT2D eigenvalue weighted by Crippen LogP contribution is -2.16. The van der Waals surface area contributed by atoms with E-state index in [0.717, 1.165) is 51.4 Å². The molecule has 0 aliphatic heterocycles. The second-order valence-corrected chi connectivity index (χ2v) is 5.82. The predicted molar refractivity (Wildman–Crippen MR) is 86.1 cm³/mol. The molecule has 0 rings (SSSR count). The Morgan fingerprint density at radius 3 is 1.50 bits per heavy atom. The molecule has 5 heteroatoms. The molecule has 0 aliphatic rings. The molecule has 2 unspecified atom stereocenters. The summed E-state index contributed by atoms with van der Waals surface area (Å²) in [4.78, 5) is 30.3. The van der Waals surface area contributed by atoms with Gasteiger partial charge in [-0.25, -0.2) is 0 Å². The van der Waals surface area contributed by atoms with Crippen LogP contribution in [-0.2, 0) is 19.6 Å². The molecule has 0 saturated heterocycles. The predicted octanol–water partition coefficient (Wildman–Crippen LogP) is 5.44. The summed E-state index contributed by atoms with van der Waals surface area (Å²) in [7, 11) is 0. The summed E-state index contributed by atoms with van der Waals surface area (Å²) in [6.07, 6.45) is 7.87. The molecule has 0 aromatic rings. The Morgan fingerprint density at radius 2 is 1.18 bits per heavy atom. The summed E-state index contributed by atoms with van der Waals surface area (Å²) in [5.74, 6) is 0.819. The maximum atomic E-state index is 11.3. The molecule has 0 amide bonds. The number of carbonyl (C=O) groups excluding carboxylic acids is 1. The van der Waals surface area contributed by atoms with Crippen molar-refractivity contribution < 1.29 is 24.3 Å². The molecular formula is C17H34O5. The van der Waals surface area contributed by atoms with Crippen molar-refractivity contribution in [1.82, 2.24) is 0 Å². The van der Waals surface area contributed by atoms with Crippen molar-refractivity contribution >= 4 is 6.16 Å². The molecular weight excluding hydrogens is 284 g/mol. The highest BCUT2D eigenvalue weighted by Gasteiger charge is 2.13. The van der Waals surface area contributed by atoms with Crippen molar-refractivity contribution in [2.45, 2.75) is 79.1 Å². The minimum atomic E-state index is -0.935. The highest BCUT2D eigenvalue weighted by Crippen LogP contribution is 2.14. The van der Waals surface area contributed by atoms with Crippen LogP contribution in [0.2, 0.25) is 0 Å². The fourth-order valence-corrected chi connectivity index (χ4v) is 2.17. The molecule has 0 aliphatic carbocycles. The molecule has 0 saturated carbocycles. The van der Waals surface area contributed by atoms with Gasteiger partial charge in [-0.3, -0.25) is 9.78 Å². The van der Waals surface area contributed by atoms with Gasteiger partial charge in [-0.1, -0.05) is 66.2 Å². The summed E-state index contributed by atoms with van der Waals surface area (Å²) in [6.45, 7) is 9.32. The summed E-state index contributed by atoms with van der Waals surface area (Å²) in [5, 5.41) is 0. The lowest BCUT2D eigenvalue weighted by molar-refractivity contribution is -0.325. The zero-order valence-electron chi connectivity index (χ0n) is 14.8. The molecule has 0 spiro atoms. The maximum absolute atomic E-state index is 11.3. The fourth-order valence-electron chi connectivity index (χ4n) is 2.17. The highest BCUT2D eigenvalue weighted by atomic mass is 17.3. The van der Waals surface area contributed by atoms with Crippen molar-refractivity contribution in [2.24, 2.45) is 11.8 Å². The number of rotatable bonds is 14. The van der Waals surface area contributed by atoms with Gasteiger partial charge in [0.25, 0.3) is 0 Å². The average molecular weight is 318 g/mol. The van der Waals surface area contributed by atoms with E-state index in [1.54, 1.807) is 0 Å². The Balaban J connectivity index is 3.67. The van der Waals surface area contributed by atoms with E-state index in [9.17, 15) is 4.79 Å². The van der Waals surface area contributed by atoms with Crippen LogP contribution in [0.5, 0.6) is 0 Å². The lowest BCUT2D eigenvalue weighted by atomic mass is 10.0. The number of hydrogen-bond acceptors (Lipinski definition) is 5. The summed E-state index contributed by atoms with van der Waals surface area (Å²) in [6, 6.07) is 0. The van der Waals surface area contributed by atoms with Crippen LogP contribution in [0, 0.1) is 11.8 Å². The van der Waals surface area contributed by atoms with Gasteiger partial charge in [0, 0.05) is 0 Å². The smallest absolute Gasteiger partial charge is 0.257 e. The molecule has 0 aromatic heterocycles. The Kier molecular flexibility index (Phi) is 14.5. The lowest BCUT2D eigenvalue weighted by Gasteiger charge is -2.14. The van der Waals surface area contributed by atoms with Gasteiger partial charge < -0.3 is 0 Å². The molecule has 2 atom stereocenters. The Labute approximate surface area is 135 Å². The van der Waals surface area contributed by atoms with Gasteiger partial charge in [0.05, 0.1) is 13.2 Å². The molecule has 5 nitrogen and oxygen atoms in total. The van der Waals surface area contributed by atoms with Gasteiger partial charge in [0.2, 0.25) is 0 Å². The molecule has 0 radical (unpaired) electrons. The van der Waals surface area contributed by atoms with Crippen molar-refractivity contribution in [3.05, 3.63) is 0 Å². The Morgan fingerprint density at radius 1 is 0.773 bits per heavy atom. The van der Waals surface area contributed by atoms with Gasteiger partial charge in [-0.2, -0.15) is 14.6 Å². The van der Waals surface area contributed by atoms with Crippen molar-refractivity contribution in [3.63, 3.8) is 0 Å². The maximum Gasteiger partial charge on any atom is 0.573 e. The zero-order chi connectivity index (χ0) is 16.6. The van der Waals surface area contributed by atoms with E-state index in [2.05, 4.69) is 37.5 Å². The third-order valence-corrected chi connectivity index (χ3v) is 3.95. The van der Waals surface area contributed by atoms with E-state index in [1.165, 1.54) is 0 Å². The molecule has 0 heterocycles. The monoisotopic (exact) mass is 318 g/mol. The van der Waals surface area contributed by atoms with E-state index in [-0.39, 0.29) is 0 Å². The van der Waals surface area contributed by atoms with Crippen LogP contribution < -0.4 is 0 Å². The molecule has 22 heavy (non-hydrogen) atoms. The highest BCUT2D eigenvalue weighted by molar-refractivity contribution is 5.58. The summed E-state index contributed by atoms with van der Waals surface area (Å²) < 4.78 is 0. The third-order valence-electron chi connectivity index (χ3n) is 3.95. The van der Waals surface area contributed by atoms with Gasteiger partial charge >= 0.3 is 6.16 Å². The minimum Gasteiger partial charge on any atom is -0.257 e. The molecule has 132 valence electrons. The molecule has 0 fully saturated rings. The van der Waals surface area contributed by atoms with Crippen molar-refractivity contribution in [1.29, 1.82) is 0 Å². The average Bonchev–Trinajstić information content (AvgIpc) is 2.53. The number of unbranched alkanes of at least 4 members (excludes halogenated alkanes) is 2. The fraction of sp³-hybridized carbons (Fsp3) is 0.941. The molecule has 0 bridgehead atoms. The van der Waals surface area contributed by atoms with Gasteiger partial charge in [0.1, 0.15) is 0 Å². The molecule has 0 N–H and O–H groups in total. The van der Waals surface area contributed by atoms with Crippen molar-refractivity contribution in [3.8, 4) is 0 Å². The van der Waals surface area contributed by atoms with E-state index in [1.807, 2.05) is 0 Å². The van der Waals surface area contributed by atoms with Crippen LogP contribution in [0.1, 0.15) is 79.1 Å². The quantitative estimate of drug-likeness (QED) is 0.315. The molecule has 0 aromatic carbocycles. The Bertz CT molecular complexity index is 233. The SMILES string of the molecule is CCCCC(CC)COOC(=O)OOCC(CC)CCCC. The largest absolute Gasteiger partial charge is 0.573 e. The summed E-state index contributed by atoms with van der Waals surface area (Å²) >= 11 is 0. The van der Waals surface area contributed by atoms with E-state index in [4.69, 9.17) is 9.78 Å². The van der Waals surface area contributed by atoms with Crippen LogP contribution in [0.15, 0.2) is 0 Å². The topological polar surface area (TPSA) is 54.0 Å². The van der Waals surface area contributed by atoms with Crippen LogP contribution in [-0.4, -0.2) is 19.4 Å². The van der Waals surface area contributed by atoms with E-state index >= 15 is 0 Å². The van der Waals surface area contributed by atoms with E-state index in [0.29, 0.717) is 25.0 Å². The normalized spacial score (nSPS) is 13.6. The van der Waals surface area contributed by atoms with Gasteiger partial charge in [-0.15, -0.1) is 0 Å². The van der Waals surface area contributed by atoms with Gasteiger partial charge in [-0.05, 0) is 24.7 Å². The van der Waals surface area contributed by atoms with Crippen molar-refractivity contribution in [2.75, 3.05) is 13.2 Å². The zero-order valence-corrected chi connectivity index (χ0v) is 14.8. The summed E-state index contributed by atoms with van der Waals surface area (Å²) in [5.41, 5.74) is 0. The second kappa shape index (κ2) is 15.1. The van der Waals surface area contributed by atoms with Crippen LogP contribution >= 0.6 is 0 Å². The first-order valence-corrected chi connectivity index (χ1v) is 8.80. The van der Waals surface area contributed by atoms with Crippen LogP contribution in [0.3, 0.4) is 0 Å². The first-order chi connectivity index (χ1) is 10.7. The van der Waals surface area contributed by atoms with E-state index < -0.39 is 6.16 Å². The van der Waals surface area contributed by atoms with Crippen LogP contribution in [0.25, 0.3) is 0 Å². The second-order valence-electron chi connectivity index (χ2n) is 5.82.